The molecule has 1 aliphatic rings. The second-order valence-electron chi connectivity index (χ2n) is 7.85. The molecule has 6 nitrogen and oxygen atoms in total. The maximum atomic E-state index is 13.2. The number of hydrogen-bond acceptors (Lipinski definition) is 4. The zero-order valence-corrected chi connectivity index (χ0v) is 19.4. The van der Waals surface area contributed by atoms with E-state index in [1.165, 1.54) is 28.6 Å². The minimum Gasteiger partial charge on any atom is -0.207 e. The standard InChI is InChI=1S/C22H30N2O4S2/c1-4-23(17-20-11-6-5-7-12-20)29(25,26)21-13-15-22(16-14-21)30(27,28)24-18(2)9-8-10-19(24)3/h5-7,11-16,18-19H,4,8-10,17H2,1-3H3. The highest BCUT2D eigenvalue weighted by Gasteiger charge is 2.36. The van der Waals surface area contributed by atoms with E-state index >= 15 is 0 Å². The molecule has 0 radical (unpaired) electrons. The van der Waals surface area contributed by atoms with Crippen LogP contribution in [0.15, 0.2) is 64.4 Å². The molecule has 0 bridgehead atoms. The maximum absolute atomic E-state index is 13.2. The number of sulfonamides is 2. The summed E-state index contributed by atoms with van der Waals surface area (Å²) in [6.07, 6.45) is 2.68. The van der Waals surface area contributed by atoms with Gasteiger partial charge in [0.25, 0.3) is 0 Å². The van der Waals surface area contributed by atoms with Gasteiger partial charge in [0.1, 0.15) is 0 Å². The summed E-state index contributed by atoms with van der Waals surface area (Å²) < 4.78 is 55.5. The number of nitrogens with zero attached hydrogens (tertiary/aromatic N) is 2. The minimum atomic E-state index is -3.73. The fourth-order valence-electron chi connectivity index (χ4n) is 4.08. The van der Waals surface area contributed by atoms with Crippen molar-refractivity contribution in [2.45, 2.75) is 68.5 Å². The molecule has 1 heterocycles. The van der Waals surface area contributed by atoms with Crippen molar-refractivity contribution < 1.29 is 16.8 Å². The van der Waals surface area contributed by atoms with E-state index in [0.717, 1.165) is 24.8 Å². The summed E-state index contributed by atoms with van der Waals surface area (Å²) in [5, 5.41) is 0. The zero-order chi connectivity index (χ0) is 21.9. The molecule has 1 fully saturated rings. The van der Waals surface area contributed by atoms with Crippen molar-refractivity contribution in [2.75, 3.05) is 6.54 Å². The molecular formula is C22H30N2O4S2. The molecule has 8 heteroatoms. The van der Waals surface area contributed by atoms with Gasteiger partial charge in [-0.2, -0.15) is 8.61 Å². The Morgan fingerprint density at radius 2 is 1.40 bits per heavy atom. The third-order valence-electron chi connectivity index (χ3n) is 5.70. The first kappa shape index (κ1) is 22.9. The lowest BCUT2D eigenvalue weighted by molar-refractivity contribution is 0.204. The van der Waals surface area contributed by atoms with Crippen molar-refractivity contribution >= 4 is 20.0 Å². The van der Waals surface area contributed by atoms with Crippen LogP contribution in [-0.2, 0) is 26.6 Å². The summed E-state index contributed by atoms with van der Waals surface area (Å²) in [6, 6.07) is 14.9. The van der Waals surface area contributed by atoms with Gasteiger partial charge in [-0.3, -0.25) is 0 Å². The Morgan fingerprint density at radius 1 is 0.867 bits per heavy atom. The van der Waals surface area contributed by atoms with Gasteiger partial charge in [0.05, 0.1) is 9.79 Å². The summed E-state index contributed by atoms with van der Waals surface area (Å²) >= 11 is 0. The molecule has 2 aromatic rings. The van der Waals surface area contributed by atoms with Crippen LogP contribution in [-0.4, -0.2) is 44.1 Å². The molecule has 2 unspecified atom stereocenters. The quantitative estimate of drug-likeness (QED) is 0.642. The topological polar surface area (TPSA) is 74.8 Å². The molecule has 0 spiro atoms. The maximum Gasteiger partial charge on any atom is 0.243 e. The zero-order valence-electron chi connectivity index (χ0n) is 17.7. The van der Waals surface area contributed by atoms with Gasteiger partial charge in [-0.05, 0) is 56.5 Å². The van der Waals surface area contributed by atoms with Crippen LogP contribution in [0.2, 0.25) is 0 Å². The first-order chi connectivity index (χ1) is 14.2. The van der Waals surface area contributed by atoms with Gasteiger partial charge < -0.3 is 0 Å². The highest BCUT2D eigenvalue weighted by atomic mass is 32.2. The van der Waals surface area contributed by atoms with E-state index in [9.17, 15) is 16.8 Å². The third-order valence-corrected chi connectivity index (χ3v) is 9.78. The lowest BCUT2D eigenvalue weighted by Gasteiger charge is -2.37. The van der Waals surface area contributed by atoms with Crippen LogP contribution in [0.4, 0.5) is 0 Å². The van der Waals surface area contributed by atoms with Crippen LogP contribution in [0.1, 0.15) is 45.6 Å². The number of benzene rings is 2. The first-order valence-electron chi connectivity index (χ1n) is 10.4. The van der Waals surface area contributed by atoms with Crippen LogP contribution < -0.4 is 0 Å². The molecule has 0 saturated carbocycles. The van der Waals surface area contributed by atoms with E-state index in [-0.39, 0.29) is 28.4 Å². The highest BCUT2D eigenvalue weighted by molar-refractivity contribution is 7.89. The molecular weight excluding hydrogens is 420 g/mol. The van der Waals surface area contributed by atoms with Crippen molar-refractivity contribution in [1.82, 2.24) is 8.61 Å². The van der Waals surface area contributed by atoms with Gasteiger partial charge in [-0.25, -0.2) is 16.8 Å². The first-order valence-corrected chi connectivity index (χ1v) is 13.2. The Kier molecular flexibility index (Phi) is 7.02. The van der Waals surface area contributed by atoms with Crippen molar-refractivity contribution in [3.05, 3.63) is 60.2 Å². The predicted octanol–water partition coefficient (Wildman–Crippen LogP) is 3.85. The van der Waals surface area contributed by atoms with Crippen molar-refractivity contribution in [1.29, 1.82) is 0 Å². The molecule has 0 N–H and O–H groups in total. The van der Waals surface area contributed by atoms with Crippen LogP contribution >= 0.6 is 0 Å². The summed E-state index contributed by atoms with van der Waals surface area (Å²) in [7, 11) is -7.41. The smallest absolute Gasteiger partial charge is 0.207 e. The molecule has 164 valence electrons. The van der Waals surface area contributed by atoms with Gasteiger partial charge in [-0.15, -0.1) is 0 Å². The van der Waals surface area contributed by atoms with Gasteiger partial charge in [0, 0.05) is 25.2 Å². The molecule has 2 aromatic carbocycles. The van der Waals surface area contributed by atoms with Crippen LogP contribution in [0.25, 0.3) is 0 Å². The number of rotatable bonds is 7. The summed E-state index contributed by atoms with van der Waals surface area (Å²) in [5.41, 5.74) is 0.898. The van der Waals surface area contributed by atoms with Gasteiger partial charge in [-0.1, -0.05) is 43.7 Å². The lowest BCUT2D eigenvalue weighted by Crippen LogP contribution is -2.47. The lowest BCUT2D eigenvalue weighted by atomic mass is 10.0. The summed E-state index contributed by atoms with van der Waals surface area (Å²) in [5.74, 6) is 0. The van der Waals surface area contributed by atoms with E-state index in [0.29, 0.717) is 6.54 Å². The Bertz CT molecular complexity index is 1040. The van der Waals surface area contributed by atoms with Crippen molar-refractivity contribution in [2.24, 2.45) is 0 Å². The predicted molar refractivity (Wildman–Crippen MR) is 118 cm³/mol. The Labute approximate surface area is 180 Å². The van der Waals surface area contributed by atoms with Gasteiger partial charge >= 0.3 is 0 Å². The van der Waals surface area contributed by atoms with E-state index in [4.69, 9.17) is 0 Å². The number of piperidine rings is 1. The molecule has 1 saturated heterocycles. The molecule has 0 aliphatic carbocycles. The fraction of sp³-hybridized carbons (Fsp3) is 0.455. The Hall–Kier alpha value is -1.74. The minimum absolute atomic E-state index is 0.0661. The van der Waals surface area contributed by atoms with Crippen LogP contribution in [0.5, 0.6) is 0 Å². The molecule has 3 rings (SSSR count). The summed E-state index contributed by atoms with van der Waals surface area (Å²) in [6.45, 7) is 6.23. The molecule has 30 heavy (non-hydrogen) atoms. The normalized spacial score (nSPS) is 21.1. The Balaban J connectivity index is 1.86. The Morgan fingerprint density at radius 3 is 1.93 bits per heavy atom. The van der Waals surface area contributed by atoms with Gasteiger partial charge in [0.2, 0.25) is 20.0 Å². The molecule has 2 atom stereocenters. The van der Waals surface area contributed by atoms with Crippen molar-refractivity contribution in [3.8, 4) is 0 Å². The SMILES string of the molecule is CCN(Cc1ccccc1)S(=O)(=O)c1ccc(S(=O)(=O)N2C(C)CCCC2C)cc1. The molecule has 0 amide bonds. The van der Waals surface area contributed by atoms with Crippen molar-refractivity contribution in [3.63, 3.8) is 0 Å². The van der Waals surface area contributed by atoms with E-state index in [1.54, 1.807) is 11.2 Å². The average Bonchev–Trinajstić information content (AvgIpc) is 2.72. The second-order valence-corrected chi connectivity index (χ2v) is 11.6. The van der Waals surface area contributed by atoms with E-state index in [2.05, 4.69) is 0 Å². The van der Waals surface area contributed by atoms with E-state index < -0.39 is 20.0 Å². The average molecular weight is 451 g/mol. The van der Waals surface area contributed by atoms with Gasteiger partial charge in [0.15, 0.2) is 0 Å². The largest absolute Gasteiger partial charge is 0.243 e. The van der Waals surface area contributed by atoms with Crippen LogP contribution in [0.3, 0.4) is 0 Å². The third kappa shape index (κ3) is 4.61. The van der Waals surface area contributed by atoms with Crippen LogP contribution in [0, 0.1) is 0 Å². The monoisotopic (exact) mass is 450 g/mol. The molecule has 0 aromatic heterocycles. The molecule has 1 aliphatic heterocycles. The van der Waals surface area contributed by atoms with E-state index in [1.807, 2.05) is 44.2 Å². The highest BCUT2D eigenvalue weighted by Crippen LogP contribution is 2.30. The summed E-state index contributed by atoms with van der Waals surface area (Å²) in [4.78, 5) is 0.229. The number of hydrogen-bond donors (Lipinski definition) is 0. The fourth-order valence-corrected chi connectivity index (χ4v) is 7.40. The second kappa shape index (κ2) is 9.18.